The molecule has 2 aromatic rings. The van der Waals surface area contributed by atoms with Crippen molar-refractivity contribution in [1.29, 1.82) is 0 Å². The lowest BCUT2D eigenvalue weighted by Crippen LogP contribution is -2.46. The number of ether oxygens (including phenoxy) is 7. The van der Waals surface area contributed by atoms with E-state index in [2.05, 4.69) is 10.3 Å². The third-order valence-electron chi connectivity index (χ3n) is 5.76. The van der Waals surface area contributed by atoms with Gasteiger partial charge in [0.25, 0.3) is 5.91 Å². The molecule has 40 heavy (non-hydrogen) atoms. The molecule has 0 radical (unpaired) electrons. The molecule has 1 amide bonds. The van der Waals surface area contributed by atoms with Gasteiger partial charge in [-0.25, -0.2) is 14.6 Å². The number of carbonyl (C=O) groups is 4. The number of amides is 1. The van der Waals surface area contributed by atoms with Gasteiger partial charge >= 0.3 is 18.1 Å². The van der Waals surface area contributed by atoms with E-state index in [0.717, 1.165) is 5.56 Å². The summed E-state index contributed by atoms with van der Waals surface area (Å²) in [6.45, 7) is 0.758. The van der Waals surface area contributed by atoms with Crippen LogP contribution in [0.4, 0.5) is 4.79 Å². The summed E-state index contributed by atoms with van der Waals surface area (Å²) in [5.41, 5.74) is 0.667. The Morgan fingerprint density at radius 1 is 1.05 bits per heavy atom. The van der Waals surface area contributed by atoms with Crippen LogP contribution < -0.4 is 14.8 Å². The Balaban J connectivity index is 1.68. The normalized spacial score (nSPS) is 19.1. The lowest BCUT2D eigenvalue weighted by molar-refractivity contribution is -0.152. The van der Waals surface area contributed by atoms with E-state index in [0.29, 0.717) is 6.42 Å². The lowest BCUT2D eigenvalue weighted by Gasteiger charge is -2.19. The SMILES string of the molecule is COCCOC(=O)OCOc1c(OC)ccnc1C(=O)N[C@H]1COC(=O)[C@H](Cc2ccccc2)C[C@H](C)OC1=O. The first kappa shape index (κ1) is 30.2. The zero-order chi connectivity index (χ0) is 28.9. The number of aromatic nitrogens is 1. The summed E-state index contributed by atoms with van der Waals surface area (Å²) in [4.78, 5) is 54.5. The van der Waals surface area contributed by atoms with Crippen molar-refractivity contribution in [3.63, 3.8) is 0 Å². The first-order valence-electron chi connectivity index (χ1n) is 12.5. The predicted octanol–water partition coefficient (Wildman–Crippen LogP) is 2.06. The molecule has 0 unspecified atom stereocenters. The molecule has 13 heteroatoms. The van der Waals surface area contributed by atoms with Crippen molar-refractivity contribution >= 4 is 24.0 Å². The number of carbonyl (C=O) groups excluding carboxylic acids is 4. The Morgan fingerprint density at radius 3 is 2.55 bits per heavy atom. The highest BCUT2D eigenvalue weighted by atomic mass is 16.8. The van der Waals surface area contributed by atoms with Crippen LogP contribution in [0.3, 0.4) is 0 Å². The molecule has 1 N–H and O–H groups in total. The molecule has 2 heterocycles. The number of methoxy groups -OCH3 is 2. The maximum absolute atomic E-state index is 13.2. The van der Waals surface area contributed by atoms with Crippen molar-refractivity contribution in [1.82, 2.24) is 10.3 Å². The molecule has 0 bridgehead atoms. The molecule has 13 nitrogen and oxygen atoms in total. The molecule has 3 rings (SSSR count). The molecule has 1 fully saturated rings. The van der Waals surface area contributed by atoms with Gasteiger partial charge < -0.3 is 38.5 Å². The van der Waals surface area contributed by atoms with Crippen LogP contribution in [0.25, 0.3) is 0 Å². The minimum absolute atomic E-state index is 0.0209. The van der Waals surface area contributed by atoms with E-state index in [1.165, 1.54) is 26.5 Å². The molecule has 216 valence electrons. The molecular weight excluding hydrogens is 528 g/mol. The number of nitrogens with zero attached hydrogens (tertiary/aromatic N) is 1. The second-order valence-electron chi connectivity index (χ2n) is 8.71. The Labute approximate surface area is 231 Å². The Kier molecular flexibility index (Phi) is 11.5. The summed E-state index contributed by atoms with van der Waals surface area (Å²) < 4.78 is 36.0. The van der Waals surface area contributed by atoms with Gasteiger partial charge in [0.15, 0.2) is 23.2 Å². The van der Waals surface area contributed by atoms with Gasteiger partial charge in [-0.05, 0) is 25.3 Å². The van der Waals surface area contributed by atoms with E-state index in [-0.39, 0.29) is 36.8 Å². The van der Waals surface area contributed by atoms with Gasteiger partial charge in [0.1, 0.15) is 13.2 Å². The van der Waals surface area contributed by atoms with Crippen LogP contribution in [-0.2, 0) is 39.7 Å². The summed E-state index contributed by atoms with van der Waals surface area (Å²) in [5, 5.41) is 2.48. The number of cyclic esters (lactones) is 2. The number of nitrogens with one attached hydrogen (secondary N) is 1. The number of rotatable bonds is 11. The smallest absolute Gasteiger partial charge is 0.493 e. The molecule has 1 saturated heterocycles. The van der Waals surface area contributed by atoms with Crippen LogP contribution in [0.15, 0.2) is 42.6 Å². The maximum Gasteiger partial charge on any atom is 0.511 e. The summed E-state index contributed by atoms with van der Waals surface area (Å²) in [5.74, 6) is -2.72. The predicted molar refractivity (Wildman–Crippen MR) is 137 cm³/mol. The third kappa shape index (κ3) is 8.83. The molecule has 1 aromatic heterocycles. The fourth-order valence-electron chi connectivity index (χ4n) is 3.85. The highest BCUT2D eigenvalue weighted by Crippen LogP contribution is 2.30. The highest BCUT2D eigenvalue weighted by molar-refractivity contribution is 5.98. The van der Waals surface area contributed by atoms with Crippen molar-refractivity contribution in [2.75, 3.05) is 40.8 Å². The quantitative estimate of drug-likeness (QED) is 0.185. The van der Waals surface area contributed by atoms with Crippen molar-refractivity contribution < 1.29 is 52.3 Å². The van der Waals surface area contributed by atoms with E-state index in [9.17, 15) is 19.2 Å². The maximum atomic E-state index is 13.2. The van der Waals surface area contributed by atoms with Crippen LogP contribution in [0.2, 0.25) is 0 Å². The molecule has 3 atom stereocenters. The minimum Gasteiger partial charge on any atom is -0.493 e. The van der Waals surface area contributed by atoms with Crippen molar-refractivity contribution in [3.8, 4) is 11.5 Å². The largest absolute Gasteiger partial charge is 0.511 e. The van der Waals surface area contributed by atoms with Crippen LogP contribution in [0, 0.1) is 5.92 Å². The highest BCUT2D eigenvalue weighted by Gasteiger charge is 2.33. The molecule has 0 spiro atoms. The van der Waals surface area contributed by atoms with Gasteiger partial charge in [0, 0.05) is 19.4 Å². The molecule has 0 saturated carbocycles. The van der Waals surface area contributed by atoms with Gasteiger partial charge in [-0.15, -0.1) is 0 Å². The minimum atomic E-state index is -1.32. The van der Waals surface area contributed by atoms with Crippen LogP contribution in [-0.4, -0.2) is 82.0 Å². The summed E-state index contributed by atoms with van der Waals surface area (Å²) >= 11 is 0. The van der Waals surface area contributed by atoms with E-state index in [1.54, 1.807) is 6.92 Å². The lowest BCUT2D eigenvalue weighted by atomic mass is 9.94. The molecule has 1 aromatic carbocycles. The Morgan fingerprint density at radius 2 is 1.82 bits per heavy atom. The number of hydrogen-bond acceptors (Lipinski definition) is 12. The van der Waals surface area contributed by atoms with Gasteiger partial charge in [-0.3, -0.25) is 9.59 Å². The second kappa shape index (κ2) is 15.3. The summed E-state index contributed by atoms with van der Waals surface area (Å²) in [7, 11) is 2.79. The standard InChI is InChI=1S/C27H32N2O11/c1-17-13-19(14-18-7-5-4-6-8-18)25(31)37-15-20(26(32)40-17)29-24(30)22-23(21(35-3)9-10-28-22)38-16-39-27(33)36-12-11-34-2/h4-10,17,19-20H,11-16H2,1-3H3,(H,29,30)/t17-,19-,20-/m0/s1. The Bertz CT molecular complexity index is 1160. The summed E-state index contributed by atoms with van der Waals surface area (Å²) in [6, 6.07) is 9.52. The fourth-order valence-corrected chi connectivity index (χ4v) is 3.85. The van der Waals surface area contributed by atoms with E-state index >= 15 is 0 Å². The molecule has 1 aliphatic heterocycles. The van der Waals surface area contributed by atoms with Gasteiger partial charge in [-0.1, -0.05) is 30.3 Å². The molecule has 0 aliphatic carbocycles. The van der Waals surface area contributed by atoms with E-state index in [4.69, 9.17) is 33.2 Å². The van der Waals surface area contributed by atoms with Crippen LogP contribution >= 0.6 is 0 Å². The van der Waals surface area contributed by atoms with Crippen molar-refractivity contribution in [3.05, 3.63) is 53.9 Å². The van der Waals surface area contributed by atoms with Crippen molar-refractivity contribution in [2.45, 2.75) is 31.9 Å². The average Bonchev–Trinajstić information content (AvgIpc) is 2.99. The third-order valence-corrected chi connectivity index (χ3v) is 5.76. The van der Waals surface area contributed by atoms with Gasteiger partial charge in [0.05, 0.1) is 25.7 Å². The second-order valence-corrected chi connectivity index (χ2v) is 8.71. The van der Waals surface area contributed by atoms with E-state index in [1.807, 2.05) is 30.3 Å². The van der Waals surface area contributed by atoms with Gasteiger partial charge in [-0.2, -0.15) is 0 Å². The fraction of sp³-hybridized carbons (Fsp3) is 0.444. The number of pyridine rings is 1. The Hall–Kier alpha value is -4.39. The number of benzene rings is 1. The van der Waals surface area contributed by atoms with Crippen LogP contribution in [0.5, 0.6) is 11.5 Å². The number of esters is 2. The molecule has 1 aliphatic rings. The first-order valence-corrected chi connectivity index (χ1v) is 12.5. The van der Waals surface area contributed by atoms with Gasteiger partial charge in [0.2, 0.25) is 6.79 Å². The van der Waals surface area contributed by atoms with E-state index < -0.39 is 55.5 Å². The topological polar surface area (TPSA) is 158 Å². The molecular formula is C27H32N2O11. The van der Waals surface area contributed by atoms with Crippen LogP contribution in [0.1, 0.15) is 29.4 Å². The zero-order valence-corrected chi connectivity index (χ0v) is 22.5. The monoisotopic (exact) mass is 560 g/mol. The zero-order valence-electron chi connectivity index (χ0n) is 22.5. The van der Waals surface area contributed by atoms with Crippen molar-refractivity contribution in [2.24, 2.45) is 5.92 Å². The average molecular weight is 561 g/mol. The first-order chi connectivity index (χ1) is 19.3. The summed E-state index contributed by atoms with van der Waals surface area (Å²) in [6.07, 6.45) is 0.332. The number of hydrogen-bond donors (Lipinski definition) is 1.